The predicted molar refractivity (Wildman–Crippen MR) is 99.3 cm³/mol. The summed E-state index contributed by atoms with van der Waals surface area (Å²) in [5, 5.41) is 2.87. The zero-order chi connectivity index (χ0) is 16.8. The van der Waals surface area contributed by atoms with E-state index in [0.29, 0.717) is 12.2 Å². The monoisotopic (exact) mass is 381 g/mol. The smallest absolute Gasteiger partial charge is 0.255 e. The van der Waals surface area contributed by atoms with Gasteiger partial charge < -0.3 is 10.1 Å². The summed E-state index contributed by atoms with van der Waals surface area (Å²) < 4.78 is 6.68. The Hall–Kier alpha value is -2.59. The molecule has 1 N–H and O–H groups in total. The third kappa shape index (κ3) is 4.46. The number of anilines is 1. The lowest BCUT2D eigenvalue weighted by molar-refractivity contribution is 0.102. The lowest BCUT2D eigenvalue weighted by Gasteiger charge is -2.08. The fraction of sp³-hybridized carbons (Fsp3) is 0.0500. The molecule has 24 heavy (non-hydrogen) atoms. The average molecular weight is 382 g/mol. The van der Waals surface area contributed by atoms with E-state index in [0.717, 1.165) is 21.5 Å². The van der Waals surface area contributed by atoms with Crippen LogP contribution in [0.25, 0.3) is 0 Å². The van der Waals surface area contributed by atoms with Crippen molar-refractivity contribution in [2.45, 2.75) is 6.61 Å². The number of halogens is 1. The van der Waals surface area contributed by atoms with Crippen LogP contribution in [0.5, 0.6) is 5.75 Å². The molecule has 3 nitrogen and oxygen atoms in total. The zero-order valence-corrected chi connectivity index (χ0v) is 14.5. The Kier molecular flexibility index (Phi) is 5.29. The third-order valence-corrected chi connectivity index (χ3v) is 4.00. The number of carbonyl (C=O) groups is 1. The number of hydrogen-bond donors (Lipinski definition) is 1. The Morgan fingerprint density at radius 3 is 2.21 bits per heavy atom. The Bertz CT molecular complexity index is 799. The maximum absolute atomic E-state index is 12.2. The topological polar surface area (TPSA) is 38.3 Å². The van der Waals surface area contributed by atoms with Crippen molar-refractivity contribution in [2.24, 2.45) is 0 Å². The summed E-state index contributed by atoms with van der Waals surface area (Å²) >= 11 is 3.36. The second-order valence-electron chi connectivity index (χ2n) is 5.26. The van der Waals surface area contributed by atoms with Gasteiger partial charge in [0.05, 0.1) is 0 Å². The average Bonchev–Trinajstić information content (AvgIpc) is 2.62. The van der Waals surface area contributed by atoms with E-state index in [1.165, 1.54) is 0 Å². The van der Waals surface area contributed by atoms with Crippen molar-refractivity contribution in [3.8, 4) is 5.75 Å². The number of amides is 1. The Morgan fingerprint density at radius 1 is 0.875 bits per heavy atom. The van der Waals surface area contributed by atoms with Gasteiger partial charge in [0.2, 0.25) is 0 Å². The molecule has 120 valence electrons. The molecule has 3 rings (SSSR count). The highest BCUT2D eigenvalue weighted by Gasteiger charge is 2.06. The van der Waals surface area contributed by atoms with Crippen molar-refractivity contribution in [1.29, 1.82) is 0 Å². The second kappa shape index (κ2) is 7.79. The van der Waals surface area contributed by atoms with E-state index in [-0.39, 0.29) is 5.91 Å². The first kappa shape index (κ1) is 16.3. The number of ether oxygens (including phenoxy) is 1. The normalized spacial score (nSPS) is 10.2. The molecule has 0 bridgehead atoms. The molecule has 1 amide bonds. The highest BCUT2D eigenvalue weighted by molar-refractivity contribution is 9.10. The molecule has 0 saturated heterocycles. The Balaban J connectivity index is 1.58. The van der Waals surface area contributed by atoms with Crippen LogP contribution in [0.1, 0.15) is 15.9 Å². The SMILES string of the molecule is O=C(Nc1ccc(OCc2ccccc2)cc1)c1ccc(Br)cc1. The molecule has 0 aromatic heterocycles. The van der Waals surface area contributed by atoms with E-state index >= 15 is 0 Å². The molecule has 0 aliphatic heterocycles. The number of hydrogen-bond acceptors (Lipinski definition) is 2. The van der Waals surface area contributed by atoms with E-state index in [1.54, 1.807) is 12.1 Å². The molecule has 0 aliphatic rings. The van der Waals surface area contributed by atoms with Crippen LogP contribution < -0.4 is 10.1 Å². The molecular formula is C20H16BrNO2. The third-order valence-electron chi connectivity index (χ3n) is 3.47. The molecule has 0 radical (unpaired) electrons. The van der Waals surface area contributed by atoms with Crippen molar-refractivity contribution in [2.75, 3.05) is 5.32 Å². The molecule has 0 aliphatic carbocycles. The number of nitrogens with one attached hydrogen (secondary N) is 1. The summed E-state index contributed by atoms with van der Waals surface area (Å²) in [5.41, 5.74) is 2.46. The summed E-state index contributed by atoms with van der Waals surface area (Å²) in [6.45, 7) is 0.519. The van der Waals surface area contributed by atoms with Crippen molar-refractivity contribution in [3.05, 3.63) is 94.5 Å². The fourth-order valence-electron chi connectivity index (χ4n) is 2.18. The molecule has 0 fully saturated rings. The van der Waals surface area contributed by atoms with Gasteiger partial charge in [-0.1, -0.05) is 46.3 Å². The van der Waals surface area contributed by atoms with E-state index in [1.807, 2.05) is 66.7 Å². The first-order valence-corrected chi connectivity index (χ1v) is 8.34. The first-order chi connectivity index (χ1) is 11.7. The number of rotatable bonds is 5. The van der Waals surface area contributed by atoms with Crippen LogP contribution in [-0.2, 0) is 6.61 Å². The van der Waals surface area contributed by atoms with Gasteiger partial charge in [-0.2, -0.15) is 0 Å². The fourth-order valence-corrected chi connectivity index (χ4v) is 2.44. The summed E-state index contributed by atoms with van der Waals surface area (Å²) in [7, 11) is 0. The summed E-state index contributed by atoms with van der Waals surface area (Å²) in [4.78, 5) is 12.2. The Morgan fingerprint density at radius 2 is 1.54 bits per heavy atom. The molecule has 0 heterocycles. The Labute approximate surface area is 149 Å². The van der Waals surface area contributed by atoms with Gasteiger partial charge in [0.1, 0.15) is 12.4 Å². The minimum Gasteiger partial charge on any atom is -0.489 e. The van der Waals surface area contributed by atoms with Gasteiger partial charge in [-0.05, 0) is 54.1 Å². The van der Waals surface area contributed by atoms with Gasteiger partial charge in [-0.25, -0.2) is 0 Å². The number of carbonyl (C=O) groups excluding carboxylic acids is 1. The first-order valence-electron chi connectivity index (χ1n) is 7.54. The van der Waals surface area contributed by atoms with Crippen LogP contribution in [0.4, 0.5) is 5.69 Å². The molecule has 0 unspecified atom stereocenters. The molecule has 3 aromatic carbocycles. The summed E-state index contributed by atoms with van der Waals surface area (Å²) in [6.07, 6.45) is 0. The van der Waals surface area contributed by atoms with Gasteiger partial charge >= 0.3 is 0 Å². The molecular weight excluding hydrogens is 366 g/mol. The van der Waals surface area contributed by atoms with Crippen LogP contribution in [-0.4, -0.2) is 5.91 Å². The van der Waals surface area contributed by atoms with E-state index in [9.17, 15) is 4.79 Å². The predicted octanol–water partition coefficient (Wildman–Crippen LogP) is 5.28. The van der Waals surface area contributed by atoms with Gasteiger partial charge in [-0.3, -0.25) is 4.79 Å². The maximum Gasteiger partial charge on any atom is 0.255 e. The van der Waals surface area contributed by atoms with E-state index in [2.05, 4.69) is 21.2 Å². The lowest BCUT2D eigenvalue weighted by Crippen LogP contribution is -2.11. The van der Waals surface area contributed by atoms with Gasteiger partial charge in [0.15, 0.2) is 0 Å². The quantitative estimate of drug-likeness (QED) is 0.652. The molecule has 0 atom stereocenters. The van der Waals surface area contributed by atoms with Crippen LogP contribution in [0.15, 0.2) is 83.3 Å². The van der Waals surface area contributed by atoms with Crippen molar-refractivity contribution in [1.82, 2.24) is 0 Å². The van der Waals surface area contributed by atoms with E-state index in [4.69, 9.17) is 4.74 Å². The minimum atomic E-state index is -0.138. The standard InChI is InChI=1S/C20H16BrNO2/c21-17-8-6-16(7-9-17)20(23)22-18-10-12-19(13-11-18)24-14-15-4-2-1-3-5-15/h1-13H,14H2,(H,22,23). The summed E-state index contributed by atoms with van der Waals surface area (Å²) in [5.74, 6) is 0.626. The van der Waals surface area contributed by atoms with Gasteiger partial charge in [0.25, 0.3) is 5.91 Å². The molecule has 0 saturated carbocycles. The van der Waals surface area contributed by atoms with Gasteiger partial charge in [0, 0.05) is 15.7 Å². The van der Waals surface area contributed by atoms with Crippen molar-refractivity contribution >= 4 is 27.5 Å². The second-order valence-corrected chi connectivity index (χ2v) is 6.18. The minimum absolute atomic E-state index is 0.138. The molecule has 4 heteroatoms. The van der Waals surface area contributed by atoms with Crippen LogP contribution in [0.2, 0.25) is 0 Å². The number of benzene rings is 3. The highest BCUT2D eigenvalue weighted by atomic mass is 79.9. The van der Waals surface area contributed by atoms with Gasteiger partial charge in [-0.15, -0.1) is 0 Å². The van der Waals surface area contributed by atoms with Crippen LogP contribution in [0, 0.1) is 0 Å². The lowest BCUT2D eigenvalue weighted by atomic mass is 10.2. The highest BCUT2D eigenvalue weighted by Crippen LogP contribution is 2.18. The zero-order valence-electron chi connectivity index (χ0n) is 12.9. The van der Waals surface area contributed by atoms with Crippen LogP contribution >= 0.6 is 15.9 Å². The van der Waals surface area contributed by atoms with E-state index < -0.39 is 0 Å². The molecule has 3 aromatic rings. The molecule has 0 spiro atoms. The van der Waals surface area contributed by atoms with Crippen molar-refractivity contribution in [3.63, 3.8) is 0 Å². The van der Waals surface area contributed by atoms with Crippen molar-refractivity contribution < 1.29 is 9.53 Å². The summed E-state index contributed by atoms with van der Waals surface area (Å²) in [6, 6.07) is 24.6. The largest absolute Gasteiger partial charge is 0.489 e. The van der Waals surface area contributed by atoms with Crippen LogP contribution in [0.3, 0.4) is 0 Å². The maximum atomic E-state index is 12.2.